The summed E-state index contributed by atoms with van der Waals surface area (Å²) >= 11 is 0. The smallest absolute Gasteiger partial charge is 0.182 e. The Morgan fingerprint density at radius 3 is 2.82 bits per heavy atom. The lowest BCUT2D eigenvalue weighted by Crippen LogP contribution is -2.35. The van der Waals surface area contributed by atoms with E-state index in [2.05, 4.69) is 5.32 Å². The molecule has 2 rings (SSSR count). The summed E-state index contributed by atoms with van der Waals surface area (Å²) in [5, 5.41) is 3.24. The van der Waals surface area contributed by atoms with Crippen molar-refractivity contribution in [2.24, 2.45) is 0 Å². The van der Waals surface area contributed by atoms with Gasteiger partial charge >= 0.3 is 0 Å². The number of anilines is 1. The molecule has 1 atom stereocenters. The molecular formula is C12H15F3N2. The molecule has 1 N–H and O–H groups in total. The second-order valence-electron chi connectivity index (χ2n) is 4.38. The highest BCUT2D eigenvalue weighted by molar-refractivity contribution is 5.49. The van der Waals surface area contributed by atoms with Gasteiger partial charge in [-0.25, -0.2) is 13.2 Å². The summed E-state index contributed by atoms with van der Waals surface area (Å²) in [6.07, 6.45) is 0.821. The molecule has 1 aliphatic heterocycles. The average Bonchev–Trinajstić information content (AvgIpc) is 2.48. The lowest BCUT2D eigenvalue weighted by Gasteiger charge is -2.25. The summed E-state index contributed by atoms with van der Waals surface area (Å²) in [5.74, 6) is -2.85. The number of halogens is 3. The molecule has 0 saturated carbocycles. The zero-order valence-electron chi connectivity index (χ0n) is 9.64. The molecule has 1 aliphatic rings. The van der Waals surface area contributed by atoms with Crippen molar-refractivity contribution in [2.45, 2.75) is 19.4 Å². The van der Waals surface area contributed by atoms with Crippen molar-refractivity contribution in [3.05, 3.63) is 29.6 Å². The van der Waals surface area contributed by atoms with Crippen LogP contribution in [-0.4, -0.2) is 25.7 Å². The Morgan fingerprint density at radius 1 is 1.29 bits per heavy atom. The largest absolute Gasteiger partial charge is 0.367 e. The van der Waals surface area contributed by atoms with Gasteiger partial charge in [0, 0.05) is 31.3 Å². The standard InChI is InChI=1S/C12H15F3N2/c1-8-7-17(4-2-3-16-8)11-6-9(13)5-10(14)12(11)15/h5-6,8,16H,2-4,7H2,1H3. The maximum Gasteiger partial charge on any atom is 0.182 e. The van der Waals surface area contributed by atoms with Crippen LogP contribution in [0.15, 0.2) is 12.1 Å². The number of hydrogen-bond donors (Lipinski definition) is 1. The van der Waals surface area contributed by atoms with Crippen molar-refractivity contribution in [3.8, 4) is 0 Å². The fourth-order valence-corrected chi connectivity index (χ4v) is 2.10. The first kappa shape index (κ1) is 12.2. The average molecular weight is 244 g/mol. The summed E-state index contributed by atoms with van der Waals surface area (Å²) in [7, 11) is 0. The van der Waals surface area contributed by atoms with Crippen molar-refractivity contribution in [2.75, 3.05) is 24.5 Å². The lowest BCUT2D eigenvalue weighted by molar-refractivity contribution is 0.491. The first-order valence-electron chi connectivity index (χ1n) is 5.71. The van der Waals surface area contributed by atoms with Crippen LogP contribution in [0.25, 0.3) is 0 Å². The Bertz CT molecular complexity index is 409. The minimum absolute atomic E-state index is 0.0121. The number of benzene rings is 1. The van der Waals surface area contributed by atoms with Crippen LogP contribution in [0.5, 0.6) is 0 Å². The summed E-state index contributed by atoms with van der Waals surface area (Å²) in [4.78, 5) is 1.69. The van der Waals surface area contributed by atoms with Gasteiger partial charge in [0.15, 0.2) is 11.6 Å². The highest BCUT2D eigenvalue weighted by Crippen LogP contribution is 2.24. The van der Waals surface area contributed by atoms with Gasteiger partial charge in [0.25, 0.3) is 0 Å². The van der Waals surface area contributed by atoms with Crippen LogP contribution in [0.4, 0.5) is 18.9 Å². The Morgan fingerprint density at radius 2 is 2.06 bits per heavy atom. The second-order valence-corrected chi connectivity index (χ2v) is 4.38. The van der Waals surface area contributed by atoms with Crippen LogP contribution in [-0.2, 0) is 0 Å². The summed E-state index contributed by atoms with van der Waals surface area (Å²) in [6.45, 7) is 3.93. The summed E-state index contributed by atoms with van der Waals surface area (Å²) in [6, 6.07) is 1.79. The predicted octanol–water partition coefficient (Wildman–Crippen LogP) is 2.29. The molecule has 2 nitrogen and oxygen atoms in total. The van der Waals surface area contributed by atoms with E-state index in [4.69, 9.17) is 0 Å². The van der Waals surface area contributed by atoms with E-state index >= 15 is 0 Å². The minimum Gasteiger partial charge on any atom is -0.367 e. The normalized spacial score (nSPS) is 21.4. The van der Waals surface area contributed by atoms with Crippen LogP contribution in [0.3, 0.4) is 0 Å². The van der Waals surface area contributed by atoms with Gasteiger partial charge in [-0.3, -0.25) is 0 Å². The first-order valence-corrected chi connectivity index (χ1v) is 5.71. The van der Waals surface area contributed by atoms with Gasteiger partial charge in [-0.1, -0.05) is 0 Å². The number of nitrogens with one attached hydrogen (secondary N) is 1. The van der Waals surface area contributed by atoms with Crippen molar-refractivity contribution in [3.63, 3.8) is 0 Å². The maximum absolute atomic E-state index is 13.6. The van der Waals surface area contributed by atoms with Gasteiger partial charge in [-0.2, -0.15) is 0 Å². The van der Waals surface area contributed by atoms with Crippen LogP contribution in [0, 0.1) is 17.5 Å². The van der Waals surface area contributed by atoms with E-state index in [0.717, 1.165) is 19.0 Å². The second kappa shape index (κ2) is 4.96. The number of hydrogen-bond acceptors (Lipinski definition) is 2. The van der Waals surface area contributed by atoms with Gasteiger partial charge in [0.1, 0.15) is 5.82 Å². The molecule has 0 spiro atoms. The molecule has 1 saturated heterocycles. The molecule has 0 amide bonds. The molecule has 0 aromatic heterocycles. The fraction of sp³-hybridized carbons (Fsp3) is 0.500. The van der Waals surface area contributed by atoms with E-state index < -0.39 is 17.5 Å². The molecule has 1 fully saturated rings. The number of nitrogens with zero attached hydrogens (tertiary/aromatic N) is 1. The molecule has 0 radical (unpaired) electrons. The molecule has 5 heteroatoms. The van der Waals surface area contributed by atoms with E-state index in [1.165, 1.54) is 0 Å². The molecular weight excluding hydrogens is 229 g/mol. The first-order chi connectivity index (χ1) is 8.08. The molecule has 1 aromatic carbocycles. The van der Waals surface area contributed by atoms with Gasteiger partial charge in [0.2, 0.25) is 0 Å². The van der Waals surface area contributed by atoms with Gasteiger partial charge in [0.05, 0.1) is 5.69 Å². The predicted molar refractivity (Wildman–Crippen MR) is 60.6 cm³/mol. The highest BCUT2D eigenvalue weighted by Gasteiger charge is 2.20. The third-order valence-corrected chi connectivity index (χ3v) is 2.91. The molecule has 0 aliphatic carbocycles. The van der Waals surface area contributed by atoms with Crippen LogP contribution in [0.1, 0.15) is 13.3 Å². The third kappa shape index (κ3) is 2.72. The molecule has 94 valence electrons. The van der Waals surface area contributed by atoms with E-state index in [1.807, 2.05) is 6.92 Å². The Kier molecular flexibility index (Phi) is 3.57. The van der Waals surface area contributed by atoms with E-state index in [0.29, 0.717) is 19.2 Å². The Hall–Kier alpha value is -1.23. The Labute approximate surface area is 98.4 Å². The zero-order valence-corrected chi connectivity index (χ0v) is 9.64. The van der Waals surface area contributed by atoms with Crippen LogP contribution >= 0.6 is 0 Å². The van der Waals surface area contributed by atoms with Crippen molar-refractivity contribution in [1.82, 2.24) is 5.32 Å². The van der Waals surface area contributed by atoms with E-state index in [9.17, 15) is 13.2 Å². The topological polar surface area (TPSA) is 15.3 Å². The highest BCUT2D eigenvalue weighted by atomic mass is 19.2. The Balaban J connectivity index is 2.31. The quantitative estimate of drug-likeness (QED) is 0.762. The van der Waals surface area contributed by atoms with E-state index in [-0.39, 0.29) is 11.7 Å². The van der Waals surface area contributed by atoms with Gasteiger partial charge in [-0.15, -0.1) is 0 Å². The van der Waals surface area contributed by atoms with Crippen LogP contribution in [0.2, 0.25) is 0 Å². The van der Waals surface area contributed by atoms with Crippen molar-refractivity contribution >= 4 is 5.69 Å². The zero-order chi connectivity index (χ0) is 12.4. The maximum atomic E-state index is 13.6. The fourth-order valence-electron chi connectivity index (χ4n) is 2.10. The van der Waals surface area contributed by atoms with E-state index in [1.54, 1.807) is 4.90 Å². The SMILES string of the molecule is CC1CN(c2cc(F)cc(F)c2F)CCCN1. The lowest BCUT2D eigenvalue weighted by atomic mass is 10.2. The third-order valence-electron chi connectivity index (χ3n) is 2.91. The monoisotopic (exact) mass is 244 g/mol. The summed E-state index contributed by atoms with van der Waals surface area (Å²) < 4.78 is 39.9. The molecule has 1 heterocycles. The van der Waals surface area contributed by atoms with Crippen molar-refractivity contribution < 1.29 is 13.2 Å². The summed E-state index contributed by atoms with van der Waals surface area (Å²) in [5.41, 5.74) is 0.0121. The minimum atomic E-state index is -1.13. The van der Waals surface area contributed by atoms with Gasteiger partial charge in [-0.05, 0) is 19.9 Å². The molecule has 17 heavy (non-hydrogen) atoms. The molecule has 1 aromatic rings. The van der Waals surface area contributed by atoms with Crippen LogP contribution < -0.4 is 10.2 Å². The van der Waals surface area contributed by atoms with Crippen molar-refractivity contribution in [1.29, 1.82) is 0 Å². The molecule has 1 unspecified atom stereocenters. The molecule has 0 bridgehead atoms. The number of rotatable bonds is 1. The van der Waals surface area contributed by atoms with Gasteiger partial charge < -0.3 is 10.2 Å².